The molecular weight excluding hydrogens is 396 g/mol. The number of carbonyl (C=O) groups excluding carboxylic acids is 3. The van der Waals surface area contributed by atoms with Gasteiger partial charge in [-0.1, -0.05) is 48.5 Å². The van der Waals surface area contributed by atoms with Gasteiger partial charge in [0.25, 0.3) is 11.8 Å². The summed E-state index contributed by atoms with van der Waals surface area (Å²) in [4.78, 5) is 41.6. The summed E-state index contributed by atoms with van der Waals surface area (Å²) in [7, 11) is 0. The lowest BCUT2D eigenvalue weighted by Gasteiger charge is -2.14. The topological polar surface area (TPSA) is 98.5 Å². The van der Waals surface area contributed by atoms with Gasteiger partial charge in [0.1, 0.15) is 0 Å². The third-order valence-electron chi connectivity index (χ3n) is 4.72. The third-order valence-corrected chi connectivity index (χ3v) is 4.72. The van der Waals surface area contributed by atoms with Crippen molar-refractivity contribution in [2.45, 2.75) is 6.92 Å². The molecule has 0 bridgehead atoms. The molecule has 0 spiro atoms. The molecule has 2 aromatic carbocycles. The lowest BCUT2D eigenvalue weighted by Crippen LogP contribution is -2.34. The second kappa shape index (κ2) is 8.62. The van der Waals surface area contributed by atoms with E-state index < -0.39 is 24.4 Å². The highest BCUT2D eigenvalue weighted by Gasteiger charge is 2.21. The Morgan fingerprint density at radius 2 is 1.71 bits per heavy atom. The molecule has 0 aliphatic carbocycles. The number of pyridine rings is 1. The van der Waals surface area contributed by atoms with Crippen molar-refractivity contribution in [1.82, 2.24) is 10.3 Å². The number of hydrogen-bond donors (Lipinski definition) is 1. The first kappa shape index (κ1) is 20.0. The fourth-order valence-corrected chi connectivity index (χ4v) is 3.28. The lowest BCUT2D eigenvalue weighted by molar-refractivity contribution is -0.123. The van der Waals surface area contributed by atoms with E-state index in [0.29, 0.717) is 27.7 Å². The van der Waals surface area contributed by atoms with Gasteiger partial charge in [0.15, 0.2) is 12.4 Å². The maximum atomic E-state index is 12.9. The van der Waals surface area contributed by atoms with Crippen molar-refractivity contribution in [2.75, 3.05) is 6.61 Å². The average molecular weight is 414 g/mol. The molecule has 0 atom stereocenters. The molecule has 0 fully saturated rings. The van der Waals surface area contributed by atoms with E-state index in [2.05, 4.69) is 5.32 Å². The van der Waals surface area contributed by atoms with Crippen LogP contribution < -0.4 is 5.32 Å². The van der Waals surface area contributed by atoms with Gasteiger partial charge in [-0.15, -0.1) is 0 Å². The highest BCUT2D eigenvalue weighted by atomic mass is 16.5. The van der Waals surface area contributed by atoms with Crippen LogP contribution in [0.15, 0.2) is 77.4 Å². The number of furan rings is 1. The molecule has 1 N–H and O–H groups in total. The van der Waals surface area contributed by atoms with Crippen molar-refractivity contribution in [2.24, 2.45) is 0 Å². The Balaban J connectivity index is 1.59. The van der Waals surface area contributed by atoms with E-state index in [1.54, 1.807) is 19.1 Å². The van der Waals surface area contributed by atoms with Crippen molar-refractivity contribution in [3.63, 3.8) is 0 Å². The summed E-state index contributed by atoms with van der Waals surface area (Å²) in [6, 6.07) is 19.7. The Labute approximate surface area is 177 Å². The van der Waals surface area contributed by atoms with Gasteiger partial charge in [-0.2, -0.15) is 0 Å². The van der Waals surface area contributed by atoms with Crippen LogP contribution >= 0.6 is 0 Å². The number of para-hydroxylation sites is 1. The smallest absolute Gasteiger partial charge is 0.339 e. The highest BCUT2D eigenvalue weighted by molar-refractivity contribution is 6.08. The maximum absolute atomic E-state index is 12.9. The number of ether oxygens (including phenoxy) is 1. The number of nitrogens with zero attached hydrogens (tertiary/aromatic N) is 1. The second-order valence-electron chi connectivity index (χ2n) is 6.77. The molecule has 0 saturated carbocycles. The van der Waals surface area contributed by atoms with Gasteiger partial charge in [0, 0.05) is 10.9 Å². The van der Waals surface area contributed by atoms with Gasteiger partial charge in [-0.3, -0.25) is 14.9 Å². The fourth-order valence-electron chi connectivity index (χ4n) is 3.28. The quantitative estimate of drug-likeness (QED) is 0.497. The van der Waals surface area contributed by atoms with Gasteiger partial charge < -0.3 is 9.15 Å². The maximum Gasteiger partial charge on any atom is 0.339 e. The largest absolute Gasteiger partial charge is 0.459 e. The molecule has 4 rings (SSSR count). The minimum absolute atomic E-state index is 0.0110. The number of hydrogen-bond acceptors (Lipinski definition) is 6. The first-order valence-corrected chi connectivity index (χ1v) is 9.54. The van der Waals surface area contributed by atoms with E-state index in [-0.39, 0.29) is 5.76 Å². The van der Waals surface area contributed by atoms with E-state index in [1.807, 2.05) is 42.5 Å². The number of amides is 2. The molecule has 31 heavy (non-hydrogen) atoms. The standard InChI is InChI=1S/C24H18N2O5/c1-15-21(24(29)31-14-20(27)26-23(28)19-12-7-13-30-19)17-10-5-6-11-18(17)25-22(15)16-8-3-2-4-9-16/h2-13H,14H2,1H3,(H,26,27,28). The average Bonchev–Trinajstić information content (AvgIpc) is 3.33. The summed E-state index contributed by atoms with van der Waals surface area (Å²) in [5.41, 5.74) is 3.12. The summed E-state index contributed by atoms with van der Waals surface area (Å²) in [5, 5.41) is 2.74. The van der Waals surface area contributed by atoms with E-state index in [9.17, 15) is 14.4 Å². The lowest BCUT2D eigenvalue weighted by atomic mass is 9.98. The number of benzene rings is 2. The van der Waals surface area contributed by atoms with Crippen molar-refractivity contribution in [3.05, 3.63) is 89.9 Å². The molecule has 7 heteroatoms. The number of aromatic nitrogens is 1. The first-order valence-electron chi connectivity index (χ1n) is 9.54. The molecule has 2 amide bonds. The normalized spacial score (nSPS) is 10.6. The molecule has 4 aromatic rings. The van der Waals surface area contributed by atoms with E-state index in [1.165, 1.54) is 18.4 Å². The highest BCUT2D eigenvalue weighted by Crippen LogP contribution is 2.30. The van der Waals surface area contributed by atoms with Crippen LogP contribution in [0.1, 0.15) is 26.5 Å². The van der Waals surface area contributed by atoms with Crippen LogP contribution in [0.3, 0.4) is 0 Å². The van der Waals surface area contributed by atoms with Crippen LogP contribution in [0.5, 0.6) is 0 Å². The van der Waals surface area contributed by atoms with Crippen LogP contribution in [0.4, 0.5) is 0 Å². The zero-order valence-corrected chi connectivity index (χ0v) is 16.6. The van der Waals surface area contributed by atoms with Crippen LogP contribution in [-0.2, 0) is 9.53 Å². The van der Waals surface area contributed by atoms with Gasteiger partial charge in [-0.25, -0.2) is 9.78 Å². The summed E-state index contributed by atoms with van der Waals surface area (Å²) in [6.45, 7) is 1.18. The van der Waals surface area contributed by atoms with Gasteiger partial charge in [0.05, 0.1) is 23.0 Å². The molecule has 154 valence electrons. The van der Waals surface area contributed by atoms with E-state index in [0.717, 1.165) is 5.56 Å². The van der Waals surface area contributed by atoms with E-state index >= 15 is 0 Å². The number of rotatable bonds is 5. The van der Waals surface area contributed by atoms with Crippen molar-refractivity contribution in [1.29, 1.82) is 0 Å². The summed E-state index contributed by atoms with van der Waals surface area (Å²) >= 11 is 0. The Morgan fingerprint density at radius 1 is 0.968 bits per heavy atom. The SMILES string of the molecule is Cc1c(-c2ccccc2)nc2ccccc2c1C(=O)OCC(=O)NC(=O)c1ccco1. The predicted molar refractivity (Wildman–Crippen MR) is 113 cm³/mol. The molecule has 0 aliphatic rings. The Bertz CT molecular complexity index is 1260. The Kier molecular flexibility index (Phi) is 5.57. The van der Waals surface area contributed by atoms with Crippen molar-refractivity contribution < 1.29 is 23.5 Å². The first-order chi connectivity index (χ1) is 15.0. The Hall–Kier alpha value is -4.26. The number of nitrogens with one attached hydrogen (secondary N) is 1. The number of esters is 1. The monoisotopic (exact) mass is 414 g/mol. The number of fused-ring (bicyclic) bond motifs is 1. The van der Waals surface area contributed by atoms with Crippen molar-refractivity contribution in [3.8, 4) is 11.3 Å². The molecule has 7 nitrogen and oxygen atoms in total. The molecular formula is C24H18N2O5. The molecule has 2 heterocycles. The van der Waals surface area contributed by atoms with Gasteiger partial charge in [-0.05, 0) is 30.7 Å². The fraction of sp³-hybridized carbons (Fsp3) is 0.0833. The second-order valence-corrected chi connectivity index (χ2v) is 6.77. The summed E-state index contributed by atoms with van der Waals surface area (Å²) in [6.07, 6.45) is 1.32. The minimum Gasteiger partial charge on any atom is -0.459 e. The van der Waals surface area contributed by atoms with Crippen LogP contribution in [0.25, 0.3) is 22.2 Å². The van der Waals surface area contributed by atoms with Crippen LogP contribution in [0.2, 0.25) is 0 Å². The number of imide groups is 1. The number of carbonyl (C=O) groups is 3. The molecule has 2 aromatic heterocycles. The van der Waals surface area contributed by atoms with Crippen LogP contribution in [-0.4, -0.2) is 29.4 Å². The zero-order chi connectivity index (χ0) is 21.8. The molecule has 0 saturated heterocycles. The van der Waals surface area contributed by atoms with Gasteiger partial charge in [0.2, 0.25) is 0 Å². The zero-order valence-electron chi connectivity index (χ0n) is 16.6. The van der Waals surface area contributed by atoms with Crippen LogP contribution in [0, 0.1) is 6.92 Å². The third kappa shape index (κ3) is 4.20. The van der Waals surface area contributed by atoms with Gasteiger partial charge >= 0.3 is 5.97 Å². The molecule has 0 aliphatic heterocycles. The van der Waals surface area contributed by atoms with E-state index in [4.69, 9.17) is 14.1 Å². The summed E-state index contributed by atoms with van der Waals surface area (Å²) < 4.78 is 10.2. The summed E-state index contributed by atoms with van der Waals surface area (Å²) in [5.74, 6) is -2.14. The van der Waals surface area contributed by atoms with Crippen molar-refractivity contribution >= 4 is 28.7 Å². The molecule has 0 unspecified atom stereocenters. The minimum atomic E-state index is -0.756. The predicted octanol–water partition coefficient (Wildman–Crippen LogP) is 3.92. The molecule has 0 radical (unpaired) electrons. The Morgan fingerprint density at radius 3 is 2.45 bits per heavy atom.